The average Bonchev–Trinajstić information content (AvgIpc) is 3.22. The SMILES string of the molecule is CC1(Cn2nc(Br)nc2Br)COC1.CC1(Cn2nc(Br)nc2Oc2ccc(F)c(Cl)c2)COC1. The lowest BCUT2D eigenvalue weighted by Crippen LogP contribution is -2.43. The van der Waals surface area contributed by atoms with Crippen LogP contribution in [-0.4, -0.2) is 56.0 Å². The summed E-state index contributed by atoms with van der Waals surface area (Å²) in [5.41, 5.74) is 0.237. The maximum absolute atomic E-state index is 13.2. The third-order valence-corrected chi connectivity index (χ3v) is 6.73. The summed E-state index contributed by atoms with van der Waals surface area (Å²) in [7, 11) is 0. The Bertz CT molecular complexity index is 1170. The van der Waals surface area contributed by atoms with Gasteiger partial charge in [0.05, 0.1) is 44.5 Å². The van der Waals surface area contributed by atoms with E-state index in [1.807, 2.05) is 4.68 Å². The van der Waals surface area contributed by atoms with Gasteiger partial charge < -0.3 is 14.2 Å². The number of ether oxygens (including phenoxy) is 3. The summed E-state index contributed by atoms with van der Waals surface area (Å²) in [4.78, 5) is 8.27. The summed E-state index contributed by atoms with van der Waals surface area (Å²) < 4.78 is 34.5. The Labute approximate surface area is 225 Å². The molecule has 2 saturated heterocycles. The Morgan fingerprint density at radius 3 is 2.03 bits per heavy atom. The summed E-state index contributed by atoms with van der Waals surface area (Å²) >= 11 is 15.5. The van der Waals surface area contributed by atoms with Crippen molar-refractivity contribution in [1.82, 2.24) is 29.5 Å². The van der Waals surface area contributed by atoms with E-state index in [-0.39, 0.29) is 15.9 Å². The van der Waals surface area contributed by atoms with Crippen molar-refractivity contribution in [2.45, 2.75) is 26.9 Å². The highest BCUT2D eigenvalue weighted by molar-refractivity contribution is 9.11. The van der Waals surface area contributed by atoms with E-state index in [2.05, 4.69) is 81.8 Å². The van der Waals surface area contributed by atoms with Crippen LogP contribution in [0.25, 0.3) is 0 Å². The van der Waals surface area contributed by atoms with Crippen LogP contribution < -0.4 is 4.74 Å². The topological polar surface area (TPSA) is 89.1 Å². The van der Waals surface area contributed by atoms with Crippen LogP contribution in [0, 0.1) is 16.6 Å². The molecular weight excluding hydrogens is 666 g/mol. The van der Waals surface area contributed by atoms with Crippen LogP contribution in [0.4, 0.5) is 4.39 Å². The highest BCUT2D eigenvalue weighted by atomic mass is 79.9. The van der Waals surface area contributed by atoms with Gasteiger partial charge in [0.15, 0.2) is 4.73 Å². The minimum absolute atomic E-state index is 0.00279. The summed E-state index contributed by atoms with van der Waals surface area (Å²) in [6, 6.07) is 4.45. The Morgan fingerprint density at radius 2 is 1.53 bits per heavy atom. The number of rotatable bonds is 6. The van der Waals surface area contributed by atoms with Crippen molar-refractivity contribution in [3.05, 3.63) is 43.2 Å². The largest absolute Gasteiger partial charge is 0.424 e. The van der Waals surface area contributed by atoms with E-state index in [0.29, 0.717) is 41.0 Å². The van der Waals surface area contributed by atoms with Crippen LogP contribution in [0.3, 0.4) is 0 Å². The van der Waals surface area contributed by atoms with Gasteiger partial charge in [-0.25, -0.2) is 13.8 Å². The van der Waals surface area contributed by atoms with Gasteiger partial charge in [0.1, 0.15) is 11.6 Å². The van der Waals surface area contributed by atoms with E-state index in [1.54, 1.807) is 4.68 Å². The smallest absolute Gasteiger partial charge is 0.321 e. The molecule has 0 atom stereocenters. The molecule has 9 nitrogen and oxygen atoms in total. The van der Waals surface area contributed by atoms with Crippen LogP contribution in [-0.2, 0) is 22.6 Å². The molecule has 2 aliphatic rings. The van der Waals surface area contributed by atoms with Crippen molar-refractivity contribution in [2.75, 3.05) is 26.4 Å². The van der Waals surface area contributed by atoms with E-state index in [4.69, 9.17) is 25.8 Å². The Hall–Kier alpha value is -1.12. The molecule has 2 aromatic heterocycles. The van der Waals surface area contributed by atoms with E-state index in [9.17, 15) is 4.39 Å². The predicted molar refractivity (Wildman–Crippen MR) is 132 cm³/mol. The van der Waals surface area contributed by atoms with E-state index >= 15 is 0 Å². The molecule has 2 fully saturated rings. The number of aromatic nitrogens is 6. The van der Waals surface area contributed by atoms with Crippen LogP contribution in [0.1, 0.15) is 13.8 Å². The minimum Gasteiger partial charge on any atom is -0.424 e. The van der Waals surface area contributed by atoms with Gasteiger partial charge in [-0.05, 0) is 59.9 Å². The molecule has 0 saturated carbocycles. The molecule has 3 aromatic rings. The quantitative estimate of drug-likeness (QED) is 0.338. The van der Waals surface area contributed by atoms with Gasteiger partial charge in [-0.3, -0.25) is 0 Å². The maximum atomic E-state index is 13.2. The van der Waals surface area contributed by atoms with Crippen molar-refractivity contribution in [3.63, 3.8) is 0 Å². The second-order valence-electron chi connectivity index (χ2n) is 8.91. The highest BCUT2D eigenvalue weighted by Crippen LogP contribution is 2.32. The van der Waals surface area contributed by atoms with Gasteiger partial charge >= 0.3 is 6.01 Å². The molecule has 34 heavy (non-hydrogen) atoms. The minimum atomic E-state index is -0.495. The van der Waals surface area contributed by atoms with Gasteiger partial charge in [0, 0.05) is 16.9 Å². The fraction of sp³-hybridized carbons (Fsp3) is 0.500. The first-order valence-corrected chi connectivity index (χ1v) is 12.9. The lowest BCUT2D eigenvalue weighted by molar-refractivity contribution is -0.112. The van der Waals surface area contributed by atoms with Crippen LogP contribution in [0.5, 0.6) is 11.8 Å². The zero-order valence-electron chi connectivity index (χ0n) is 18.3. The van der Waals surface area contributed by atoms with Gasteiger partial charge in [0.2, 0.25) is 9.47 Å². The molecule has 14 heteroatoms. The molecule has 184 valence electrons. The Morgan fingerprint density at radius 1 is 0.971 bits per heavy atom. The van der Waals surface area contributed by atoms with Crippen molar-refractivity contribution in [3.8, 4) is 11.8 Å². The molecule has 0 spiro atoms. The standard InChI is InChI=1S/C13H12BrClFN3O2.C7H9Br2N3O/c1-13(6-20-7-13)5-19-12(17-11(14)18-19)21-8-2-3-10(16)9(15)4-8;1-7(3-13-4-7)2-12-6(9)10-5(8)11-12/h2-4H,5-7H2,1H3;2-4H2,1H3. The van der Waals surface area contributed by atoms with Gasteiger partial charge in [-0.15, -0.1) is 10.2 Å². The number of nitrogens with zero attached hydrogens (tertiary/aromatic N) is 6. The molecule has 0 aliphatic carbocycles. The molecule has 0 unspecified atom stereocenters. The number of hydrogen-bond donors (Lipinski definition) is 0. The third kappa shape index (κ3) is 6.35. The first kappa shape index (κ1) is 26.0. The van der Waals surface area contributed by atoms with Gasteiger partial charge in [-0.2, -0.15) is 9.97 Å². The van der Waals surface area contributed by atoms with Crippen LogP contribution in [0.15, 0.2) is 32.4 Å². The fourth-order valence-corrected chi connectivity index (χ4v) is 4.81. The highest BCUT2D eigenvalue weighted by Gasteiger charge is 2.36. The van der Waals surface area contributed by atoms with Gasteiger partial charge in [-0.1, -0.05) is 25.4 Å². The van der Waals surface area contributed by atoms with Crippen LogP contribution >= 0.6 is 59.4 Å². The number of benzene rings is 1. The summed E-state index contributed by atoms with van der Waals surface area (Å²) in [5.74, 6) is -0.0941. The summed E-state index contributed by atoms with van der Waals surface area (Å²) in [5, 5.41) is 8.44. The molecule has 0 radical (unpaired) electrons. The van der Waals surface area contributed by atoms with E-state index in [1.165, 1.54) is 18.2 Å². The van der Waals surface area contributed by atoms with Crippen molar-refractivity contribution < 1.29 is 18.6 Å². The van der Waals surface area contributed by atoms with Crippen molar-refractivity contribution in [2.24, 2.45) is 10.8 Å². The molecular formula is C20H21Br3ClFN6O3. The third-order valence-electron chi connectivity index (χ3n) is 5.18. The van der Waals surface area contributed by atoms with Crippen LogP contribution in [0.2, 0.25) is 5.02 Å². The lowest BCUT2D eigenvalue weighted by atomic mass is 9.89. The zero-order valence-corrected chi connectivity index (χ0v) is 23.8. The molecule has 0 bridgehead atoms. The molecule has 0 N–H and O–H groups in total. The van der Waals surface area contributed by atoms with Crippen molar-refractivity contribution >= 4 is 59.4 Å². The zero-order chi connectivity index (χ0) is 24.5. The monoisotopic (exact) mass is 684 g/mol. The first-order chi connectivity index (χ1) is 16.0. The Kier molecular flexibility index (Phi) is 7.99. The van der Waals surface area contributed by atoms with E-state index in [0.717, 1.165) is 24.5 Å². The summed E-state index contributed by atoms with van der Waals surface area (Å²) in [6.07, 6.45) is 0. The first-order valence-electron chi connectivity index (χ1n) is 10.2. The lowest BCUT2D eigenvalue weighted by Gasteiger charge is -2.37. The summed E-state index contributed by atoms with van der Waals surface area (Å²) in [6.45, 7) is 8.69. The van der Waals surface area contributed by atoms with Crippen molar-refractivity contribution in [1.29, 1.82) is 0 Å². The normalized spacial score (nSPS) is 17.9. The molecule has 4 heterocycles. The molecule has 0 amide bonds. The Balaban J connectivity index is 0.000000180. The molecule has 2 aliphatic heterocycles. The van der Waals surface area contributed by atoms with E-state index < -0.39 is 5.82 Å². The second-order valence-corrected chi connectivity index (χ2v) is 11.4. The second kappa shape index (κ2) is 10.5. The maximum Gasteiger partial charge on any atom is 0.321 e. The average molecular weight is 688 g/mol. The number of hydrogen-bond acceptors (Lipinski definition) is 7. The fourth-order valence-electron chi connectivity index (χ4n) is 3.33. The number of halogens is 5. The van der Waals surface area contributed by atoms with Gasteiger partial charge in [0.25, 0.3) is 0 Å². The predicted octanol–water partition coefficient (Wildman–Crippen LogP) is 5.50. The molecule has 5 rings (SSSR count). The molecule has 1 aromatic carbocycles.